The molecule has 2 aromatic rings. The Morgan fingerprint density at radius 1 is 0.893 bits per heavy atom. The van der Waals surface area contributed by atoms with E-state index in [9.17, 15) is 0 Å². The molecule has 1 fully saturated rings. The highest BCUT2D eigenvalue weighted by Gasteiger charge is 2.46. The molecule has 0 amide bonds. The first-order valence-electron chi connectivity index (χ1n) is 9.49. The summed E-state index contributed by atoms with van der Waals surface area (Å²) in [4.78, 5) is 0. The van der Waals surface area contributed by atoms with E-state index in [-0.39, 0.29) is 18.3 Å². The Balaban J connectivity index is 1.68. The summed E-state index contributed by atoms with van der Waals surface area (Å²) < 4.78 is 29.6. The molecule has 0 saturated carbocycles. The lowest BCUT2D eigenvalue weighted by Gasteiger charge is -2.24. The zero-order chi connectivity index (χ0) is 19.6. The van der Waals surface area contributed by atoms with E-state index >= 15 is 0 Å². The molecule has 0 aromatic heterocycles. The van der Waals surface area contributed by atoms with Gasteiger partial charge in [-0.15, -0.1) is 6.58 Å². The van der Waals surface area contributed by atoms with Gasteiger partial charge in [-0.25, -0.2) is 0 Å². The first-order chi connectivity index (χ1) is 13.8. The molecule has 28 heavy (non-hydrogen) atoms. The Labute approximate surface area is 166 Å². The lowest BCUT2D eigenvalue weighted by Crippen LogP contribution is -2.39. The molecule has 0 unspecified atom stereocenters. The zero-order valence-corrected chi connectivity index (χ0v) is 16.2. The van der Waals surface area contributed by atoms with Crippen LogP contribution in [-0.2, 0) is 36.9 Å². The minimum absolute atomic E-state index is 0.283. The molecule has 0 aliphatic carbocycles. The lowest BCUT2D eigenvalue weighted by atomic mass is 10.1. The van der Waals surface area contributed by atoms with Crippen molar-refractivity contribution in [1.82, 2.24) is 0 Å². The van der Waals surface area contributed by atoms with E-state index in [0.29, 0.717) is 26.4 Å². The molecule has 5 nitrogen and oxygen atoms in total. The quantitative estimate of drug-likeness (QED) is 0.436. The standard InChI is InChI=1S/C23H28O5/c1-3-14-25-17-20-21(26-15-18-10-6-4-7-11-18)22(23(24-2)28-20)27-16-19-12-8-5-9-13-19/h3-13,20-23H,1,14-17H2,2H3/t20-,21-,22+,23-/m0/s1. The van der Waals surface area contributed by atoms with E-state index in [4.69, 9.17) is 23.7 Å². The van der Waals surface area contributed by atoms with Crippen LogP contribution >= 0.6 is 0 Å². The summed E-state index contributed by atoms with van der Waals surface area (Å²) in [6, 6.07) is 20.1. The Morgan fingerprint density at radius 2 is 1.46 bits per heavy atom. The van der Waals surface area contributed by atoms with Gasteiger partial charge in [-0.1, -0.05) is 66.7 Å². The fourth-order valence-corrected chi connectivity index (χ4v) is 3.19. The summed E-state index contributed by atoms with van der Waals surface area (Å²) in [6.07, 6.45) is 0.257. The topological polar surface area (TPSA) is 46.2 Å². The number of hydrogen-bond donors (Lipinski definition) is 0. The van der Waals surface area contributed by atoms with Crippen molar-refractivity contribution in [3.8, 4) is 0 Å². The second-order valence-corrected chi connectivity index (χ2v) is 6.63. The molecule has 1 aliphatic rings. The third-order valence-electron chi connectivity index (χ3n) is 4.59. The first kappa shape index (κ1) is 20.7. The van der Waals surface area contributed by atoms with Gasteiger partial charge in [0.25, 0.3) is 0 Å². The smallest absolute Gasteiger partial charge is 0.186 e. The highest BCUT2D eigenvalue weighted by Crippen LogP contribution is 2.29. The maximum Gasteiger partial charge on any atom is 0.186 e. The molecule has 150 valence electrons. The van der Waals surface area contributed by atoms with Crippen molar-refractivity contribution >= 4 is 0 Å². The lowest BCUT2D eigenvalue weighted by molar-refractivity contribution is -0.170. The zero-order valence-electron chi connectivity index (χ0n) is 16.2. The third-order valence-corrected chi connectivity index (χ3v) is 4.59. The summed E-state index contributed by atoms with van der Waals surface area (Å²) in [7, 11) is 1.62. The van der Waals surface area contributed by atoms with Crippen LogP contribution in [0.1, 0.15) is 11.1 Å². The van der Waals surface area contributed by atoms with Crippen molar-refractivity contribution in [2.75, 3.05) is 20.3 Å². The summed E-state index contributed by atoms with van der Waals surface area (Å²) in [5.41, 5.74) is 2.18. The molecular formula is C23H28O5. The van der Waals surface area contributed by atoms with Crippen molar-refractivity contribution in [2.24, 2.45) is 0 Å². The predicted octanol–water partition coefficient (Wildman–Crippen LogP) is 3.73. The van der Waals surface area contributed by atoms with Crippen LogP contribution in [0.5, 0.6) is 0 Å². The fraction of sp³-hybridized carbons (Fsp3) is 0.391. The maximum atomic E-state index is 6.23. The van der Waals surface area contributed by atoms with Crippen LogP contribution in [0.4, 0.5) is 0 Å². The van der Waals surface area contributed by atoms with Gasteiger partial charge in [0, 0.05) is 7.11 Å². The van der Waals surface area contributed by atoms with E-state index in [1.54, 1.807) is 13.2 Å². The molecule has 0 N–H and O–H groups in total. The Bertz CT molecular complexity index is 691. The largest absolute Gasteiger partial charge is 0.375 e. The monoisotopic (exact) mass is 384 g/mol. The number of ether oxygens (including phenoxy) is 5. The summed E-state index contributed by atoms with van der Waals surface area (Å²) in [6.45, 7) is 5.45. The fourth-order valence-electron chi connectivity index (χ4n) is 3.19. The van der Waals surface area contributed by atoms with E-state index in [2.05, 4.69) is 6.58 Å². The van der Waals surface area contributed by atoms with Gasteiger partial charge in [0.2, 0.25) is 0 Å². The van der Waals surface area contributed by atoms with E-state index < -0.39 is 6.29 Å². The van der Waals surface area contributed by atoms with Crippen molar-refractivity contribution in [1.29, 1.82) is 0 Å². The Morgan fingerprint density at radius 3 is 2.00 bits per heavy atom. The van der Waals surface area contributed by atoms with Crippen LogP contribution in [0.3, 0.4) is 0 Å². The van der Waals surface area contributed by atoms with Gasteiger partial charge in [0.05, 0.1) is 26.4 Å². The highest BCUT2D eigenvalue weighted by molar-refractivity contribution is 5.14. The van der Waals surface area contributed by atoms with Crippen molar-refractivity contribution in [3.05, 3.63) is 84.4 Å². The minimum Gasteiger partial charge on any atom is -0.375 e. The number of benzene rings is 2. The Hall–Kier alpha value is -2.02. The second kappa shape index (κ2) is 11.1. The van der Waals surface area contributed by atoms with Crippen LogP contribution < -0.4 is 0 Å². The van der Waals surface area contributed by atoms with Gasteiger partial charge in [-0.3, -0.25) is 0 Å². The van der Waals surface area contributed by atoms with Gasteiger partial charge < -0.3 is 23.7 Å². The molecule has 2 aromatic carbocycles. The van der Waals surface area contributed by atoms with E-state index in [1.165, 1.54) is 0 Å². The van der Waals surface area contributed by atoms with Gasteiger partial charge in [0.1, 0.15) is 18.3 Å². The molecule has 0 spiro atoms. The normalized spacial score (nSPS) is 24.3. The van der Waals surface area contributed by atoms with Gasteiger partial charge in [-0.2, -0.15) is 0 Å². The molecule has 4 atom stereocenters. The first-order valence-corrected chi connectivity index (χ1v) is 9.49. The number of rotatable bonds is 11. The molecule has 5 heteroatoms. The summed E-state index contributed by atoms with van der Waals surface area (Å²) >= 11 is 0. The van der Waals surface area contributed by atoms with Gasteiger partial charge in [0.15, 0.2) is 6.29 Å². The third kappa shape index (κ3) is 5.74. The maximum absolute atomic E-state index is 6.23. The van der Waals surface area contributed by atoms with Crippen LogP contribution in [0.15, 0.2) is 73.3 Å². The van der Waals surface area contributed by atoms with Gasteiger partial charge >= 0.3 is 0 Å². The van der Waals surface area contributed by atoms with E-state index in [1.807, 2.05) is 60.7 Å². The number of methoxy groups -OCH3 is 1. The average Bonchev–Trinajstić information content (AvgIpc) is 3.09. The van der Waals surface area contributed by atoms with Crippen molar-refractivity contribution in [3.63, 3.8) is 0 Å². The molecule has 0 radical (unpaired) electrons. The minimum atomic E-state index is -0.512. The van der Waals surface area contributed by atoms with Gasteiger partial charge in [-0.05, 0) is 11.1 Å². The molecule has 0 bridgehead atoms. The summed E-state index contributed by atoms with van der Waals surface area (Å²) in [5.74, 6) is 0. The van der Waals surface area contributed by atoms with E-state index in [0.717, 1.165) is 11.1 Å². The molecule has 1 saturated heterocycles. The van der Waals surface area contributed by atoms with Crippen molar-refractivity contribution in [2.45, 2.75) is 37.8 Å². The highest BCUT2D eigenvalue weighted by atomic mass is 16.7. The molecular weight excluding hydrogens is 356 g/mol. The Kier molecular flexibility index (Phi) is 8.21. The van der Waals surface area contributed by atoms with Crippen LogP contribution in [0.25, 0.3) is 0 Å². The van der Waals surface area contributed by atoms with Crippen LogP contribution in [-0.4, -0.2) is 44.9 Å². The van der Waals surface area contributed by atoms with Crippen LogP contribution in [0, 0.1) is 0 Å². The van der Waals surface area contributed by atoms with Crippen LogP contribution in [0.2, 0.25) is 0 Å². The molecule has 1 heterocycles. The predicted molar refractivity (Wildman–Crippen MR) is 107 cm³/mol. The second-order valence-electron chi connectivity index (χ2n) is 6.63. The number of hydrogen-bond acceptors (Lipinski definition) is 5. The summed E-state index contributed by atoms with van der Waals surface area (Å²) in [5, 5.41) is 0. The molecule has 1 aliphatic heterocycles. The van der Waals surface area contributed by atoms with Crippen molar-refractivity contribution < 1.29 is 23.7 Å². The average molecular weight is 384 g/mol. The molecule has 3 rings (SSSR count). The SMILES string of the molecule is C=CCOC[C@@H]1O[C@H](OC)[C@H](OCc2ccccc2)[C@H]1OCc1ccccc1.